The predicted molar refractivity (Wildman–Crippen MR) is 96.6 cm³/mol. The number of hydrogen-bond donors (Lipinski definition) is 1. The van der Waals surface area contributed by atoms with Gasteiger partial charge in [-0.3, -0.25) is 0 Å². The first-order chi connectivity index (χ1) is 12.3. The lowest BCUT2D eigenvalue weighted by Gasteiger charge is -2.11. The molecule has 1 aromatic carbocycles. The minimum absolute atomic E-state index is 0. The highest BCUT2D eigenvalue weighted by molar-refractivity contribution is 7.90. The summed E-state index contributed by atoms with van der Waals surface area (Å²) < 4.78 is 68.2. The molecular weight excluding hydrogens is 403 g/mol. The summed E-state index contributed by atoms with van der Waals surface area (Å²) >= 11 is 0. The Bertz CT molecular complexity index is 1070. The molecule has 3 aromatic rings. The molecule has 0 fully saturated rings. The Kier molecular flexibility index (Phi) is 6.30. The summed E-state index contributed by atoms with van der Waals surface area (Å²) in [5.74, 6) is -2.88. The molecule has 0 atom stereocenters. The molecule has 3 rings (SSSR count). The van der Waals surface area contributed by atoms with E-state index in [4.69, 9.17) is 0 Å². The number of pyridine rings is 1. The number of nitrogens with one attached hydrogen (secondary N) is 1. The lowest BCUT2D eigenvalue weighted by atomic mass is 10.2. The normalized spacial score (nSPS) is 11.3. The molecular formula is C17H15ClF3N3O2S. The first-order valence-corrected chi connectivity index (χ1v) is 8.96. The quantitative estimate of drug-likeness (QED) is 0.647. The third-order valence-corrected chi connectivity index (χ3v) is 5.38. The maximum Gasteiger partial charge on any atom is 0.271 e. The van der Waals surface area contributed by atoms with E-state index in [0.29, 0.717) is 18.2 Å². The highest BCUT2D eigenvalue weighted by Gasteiger charge is 2.26. The summed E-state index contributed by atoms with van der Waals surface area (Å²) in [7, 11) is -2.85. The number of rotatable bonds is 5. The van der Waals surface area contributed by atoms with Gasteiger partial charge in [0.25, 0.3) is 10.0 Å². The van der Waals surface area contributed by atoms with Gasteiger partial charge >= 0.3 is 0 Å². The van der Waals surface area contributed by atoms with Gasteiger partial charge in [-0.2, -0.15) is 4.39 Å². The zero-order valence-corrected chi connectivity index (χ0v) is 15.6. The SMILES string of the molecule is CNCc1cc(-c2cccnc2F)n(S(=O)(=O)c2cc(F)ccc2F)c1.Cl. The Morgan fingerprint density at radius 2 is 1.89 bits per heavy atom. The third-order valence-electron chi connectivity index (χ3n) is 3.69. The maximum atomic E-state index is 14.1. The smallest absolute Gasteiger partial charge is 0.271 e. The van der Waals surface area contributed by atoms with Crippen LogP contribution in [0.3, 0.4) is 0 Å². The van der Waals surface area contributed by atoms with Crippen molar-refractivity contribution in [3.05, 3.63) is 71.9 Å². The van der Waals surface area contributed by atoms with Crippen molar-refractivity contribution in [2.75, 3.05) is 7.05 Å². The lowest BCUT2D eigenvalue weighted by Crippen LogP contribution is -2.15. The van der Waals surface area contributed by atoms with Crippen LogP contribution in [-0.4, -0.2) is 24.4 Å². The van der Waals surface area contributed by atoms with E-state index in [1.54, 1.807) is 7.05 Å². The monoisotopic (exact) mass is 417 g/mol. The molecule has 0 saturated heterocycles. The molecule has 2 heterocycles. The number of aromatic nitrogens is 2. The van der Waals surface area contributed by atoms with Crippen molar-refractivity contribution in [3.63, 3.8) is 0 Å². The first-order valence-electron chi connectivity index (χ1n) is 7.52. The fourth-order valence-electron chi connectivity index (χ4n) is 2.55. The zero-order chi connectivity index (χ0) is 18.9. The maximum absolute atomic E-state index is 14.1. The molecule has 10 heteroatoms. The molecule has 1 N–H and O–H groups in total. The van der Waals surface area contributed by atoms with Crippen LogP contribution in [-0.2, 0) is 16.6 Å². The van der Waals surface area contributed by atoms with Crippen LogP contribution in [0, 0.1) is 17.6 Å². The summed E-state index contributed by atoms with van der Waals surface area (Å²) in [5.41, 5.74) is 0.408. The van der Waals surface area contributed by atoms with Crippen LogP contribution in [0.1, 0.15) is 5.56 Å². The molecule has 5 nitrogen and oxygen atoms in total. The van der Waals surface area contributed by atoms with Gasteiger partial charge in [0.2, 0.25) is 5.95 Å². The van der Waals surface area contributed by atoms with Crippen molar-refractivity contribution in [1.29, 1.82) is 0 Å². The van der Waals surface area contributed by atoms with Gasteiger partial charge in [0, 0.05) is 18.9 Å². The molecule has 144 valence electrons. The minimum Gasteiger partial charge on any atom is -0.316 e. The molecule has 0 aliphatic rings. The highest BCUT2D eigenvalue weighted by atomic mass is 35.5. The van der Waals surface area contributed by atoms with E-state index in [2.05, 4.69) is 10.3 Å². The second-order valence-corrected chi connectivity index (χ2v) is 7.26. The van der Waals surface area contributed by atoms with E-state index in [1.807, 2.05) is 0 Å². The van der Waals surface area contributed by atoms with Crippen LogP contribution in [0.4, 0.5) is 13.2 Å². The van der Waals surface area contributed by atoms with Crippen molar-refractivity contribution in [1.82, 2.24) is 14.3 Å². The van der Waals surface area contributed by atoms with Gasteiger partial charge in [0.1, 0.15) is 16.5 Å². The molecule has 0 aliphatic carbocycles. The van der Waals surface area contributed by atoms with Crippen molar-refractivity contribution < 1.29 is 21.6 Å². The summed E-state index contributed by atoms with van der Waals surface area (Å²) in [6.45, 7) is 0.295. The summed E-state index contributed by atoms with van der Waals surface area (Å²) in [4.78, 5) is 2.68. The van der Waals surface area contributed by atoms with Crippen LogP contribution in [0.15, 0.2) is 53.7 Å². The molecule has 0 bridgehead atoms. The van der Waals surface area contributed by atoms with E-state index < -0.39 is 32.5 Å². The van der Waals surface area contributed by atoms with Crippen LogP contribution >= 0.6 is 12.4 Å². The lowest BCUT2D eigenvalue weighted by molar-refractivity contribution is 0.548. The molecule has 2 aromatic heterocycles. The standard InChI is InChI=1S/C17H14F3N3O2S.ClH/c1-21-9-11-7-15(13-3-2-6-22-17(13)20)23(10-11)26(24,25)16-8-12(18)4-5-14(16)19;/h2-8,10,21H,9H2,1H3;1H. The fourth-order valence-corrected chi connectivity index (χ4v) is 4.02. The van der Waals surface area contributed by atoms with Gasteiger partial charge in [-0.25, -0.2) is 26.2 Å². The van der Waals surface area contributed by atoms with Crippen LogP contribution in [0.2, 0.25) is 0 Å². The van der Waals surface area contributed by atoms with E-state index >= 15 is 0 Å². The predicted octanol–water partition coefficient (Wildman–Crippen LogP) is 3.35. The molecule has 0 saturated carbocycles. The van der Waals surface area contributed by atoms with Crippen LogP contribution in [0.25, 0.3) is 11.3 Å². The molecule has 0 spiro atoms. The summed E-state index contributed by atoms with van der Waals surface area (Å²) in [5, 5.41) is 2.85. The van der Waals surface area contributed by atoms with E-state index in [9.17, 15) is 21.6 Å². The van der Waals surface area contributed by atoms with Crippen molar-refractivity contribution in [3.8, 4) is 11.3 Å². The van der Waals surface area contributed by atoms with Gasteiger partial charge < -0.3 is 5.32 Å². The molecule has 0 amide bonds. The molecule has 0 unspecified atom stereocenters. The number of nitrogens with zero attached hydrogens (tertiary/aromatic N) is 2. The van der Waals surface area contributed by atoms with Gasteiger partial charge in [0.15, 0.2) is 0 Å². The largest absolute Gasteiger partial charge is 0.316 e. The summed E-state index contributed by atoms with van der Waals surface area (Å²) in [6, 6.07) is 6.39. The Morgan fingerprint density at radius 1 is 1.15 bits per heavy atom. The van der Waals surface area contributed by atoms with Gasteiger partial charge in [-0.15, -0.1) is 12.4 Å². The van der Waals surface area contributed by atoms with E-state index in [0.717, 1.165) is 16.1 Å². The van der Waals surface area contributed by atoms with Gasteiger partial charge in [0.05, 0.1) is 11.3 Å². The number of hydrogen-bond acceptors (Lipinski definition) is 4. The van der Waals surface area contributed by atoms with Crippen molar-refractivity contribution in [2.45, 2.75) is 11.4 Å². The van der Waals surface area contributed by atoms with Gasteiger partial charge in [-0.1, -0.05) is 0 Å². The fraction of sp³-hybridized carbons (Fsp3) is 0.118. The van der Waals surface area contributed by atoms with Crippen LogP contribution < -0.4 is 5.32 Å². The van der Waals surface area contributed by atoms with Crippen LogP contribution in [0.5, 0.6) is 0 Å². The Hall–Kier alpha value is -2.36. The van der Waals surface area contributed by atoms with Gasteiger partial charge in [-0.05, 0) is 49.0 Å². The molecule has 0 radical (unpaired) electrons. The second kappa shape index (κ2) is 8.12. The Balaban J connectivity index is 0.00000261. The first kappa shape index (κ1) is 20.9. The van der Waals surface area contributed by atoms with E-state index in [-0.39, 0.29) is 23.7 Å². The molecule has 0 aliphatic heterocycles. The highest BCUT2D eigenvalue weighted by Crippen LogP contribution is 2.29. The minimum atomic E-state index is -4.51. The Morgan fingerprint density at radius 3 is 2.56 bits per heavy atom. The average molecular weight is 418 g/mol. The van der Waals surface area contributed by atoms with E-state index in [1.165, 1.54) is 30.6 Å². The average Bonchev–Trinajstić information content (AvgIpc) is 3.02. The van der Waals surface area contributed by atoms with Crippen molar-refractivity contribution >= 4 is 22.4 Å². The zero-order valence-electron chi connectivity index (χ0n) is 14.0. The third kappa shape index (κ3) is 4.00. The Labute approximate surface area is 160 Å². The number of benzene rings is 1. The second-order valence-electron chi connectivity index (χ2n) is 5.48. The van der Waals surface area contributed by atoms with Crippen molar-refractivity contribution in [2.24, 2.45) is 0 Å². The molecule has 27 heavy (non-hydrogen) atoms. The number of halogens is 4. The topological polar surface area (TPSA) is 64.0 Å². The summed E-state index contributed by atoms with van der Waals surface area (Å²) in [6.07, 6.45) is 2.46.